The SMILES string of the molecule is CCCc1ccc2c(c1)sc1c3cc4ccccc4cc3ccc21. The molecular formula is C23H18S. The van der Waals surface area contributed by atoms with Crippen LogP contribution in [0.5, 0.6) is 0 Å². The third-order valence-electron chi connectivity index (χ3n) is 4.92. The van der Waals surface area contributed by atoms with Crippen LogP contribution in [0.4, 0.5) is 0 Å². The maximum absolute atomic E-state index is 2.39. The van der Waals surface area contributed by atoms with Gasteiger partial charge in [0.25, 0.3) is 0 Å². The zero-order chi connectivity index (χ0) is 16.1. The standard InChI is InChI=1S/C23H18S/c1-2-5-15-8-10-19-20-11-9-18-13-16-6-3-4-7-17(16)14-21(18)23(20)24-22(19)12-15/h3-4,6-14H,2,5H2,1H3. The lowest BCUT2D eigenvalue weighted by Crippen LogP contribution is -1.80. The van der Waals surface area contributed by atoms with Crippen LogP contribution in [0.15, 0.2) is 66.7 Å². The zero-order valence-corrected chi connectivity index (χ0v) is 14.5. The van der Waals surface area contributed by atoms with Crippen molar-refractivity contribution in [1.29, 1.82) is 0 Å². The minimum atomic E-state index is 1.16. The first kappa shape index (κ1) is 14.0. The normalized spacial score (nSPS) is 11.9. The van der Waals surface area contributed by atoms with Gasteiger partial charge in [-0.2, -0.15) is 0 Å². The Bertz CT molecular complexity index is 1210. The van der Waals surface area contributed by atoms with Crippen molar-refractivity contribution in [2.24, 2.45) is 0 Å². The van der Waals surface area contributed by atoms with E-state index in [0.29, 0.717) is 0 Å². The highest BCUT2D eigenvalue weighted by Gasteiger charge is 2.09. The molecule has 0 radical (unpaired) electrons. The van der Waals surface area contributed by atoms with E-state index in [-0.39, 0.29) is 0 Å². The maximum atomic E-state index is 2.39. The second-order valence-electron chi connectivity index (χ2n) is 6.55. The van der Waals surface area contributed by atoms with E-state index in [1.165, 1.54) is 53.7 Å². The van der Waals surface area contributed by atoms with E-state index in [4.69, 9.17) is 0 Å². The molecule has 0 aliphatic rings. The van der Waals surface area contributed by atoms with Gasteiger partial charge in [0.05, 0.1) is 0 Å². The van der Waals surface area contributed by atoms with Crippen molar-refractivity contribution in [3.63, 3.8) is 0 Å². The fraction of sp³-hybridized carbons (Fsp3) is 0.130. The third-order valence-corrected chi connectivity index (χ3v) is 6.13. The molecule has 0 N–H and O–H groups in total. The molecule has 0 atom stereocenters. The van der Waals surface area contributed by atoms with Gasteiger partial charge in [0.2, 0.25) is 0 Å². The third kappa shape index (κ3) is 2.05. The molecule has 1 heterocycles. The van der Waals surface area contributed by atoms with E-state index in [0.717, 1.165) is 6.42 Å². The molecule has 0 fully saturated rings. The fourth-order valence-corrected chi connectivity index (χ4v) is 5.03. The highest BCUT2D eigenvalue weighted by Crippen LogP contribution is 2.39. The molecule has 0 saturated carbocycles. The van der Waals surface area contributed by atoms with Gasteiger partial charge in [-0.25, -0.2) is 0 Å². The molecule has 4 aromatic carbocycles. The summed E-state index contributed by atoms with van der Waals surface area (Å²) >= 11 is 1.94. The molecule has 0 spiro atoms. The van der Waals surface area contributed by atoms with Gasteiger partial charge in [-0.1, -0.05) is 61.9 Å². The lowest BCUT2D eigenvalue weighted by Gasteiger charge is -2.03. The lowest BCUT2D eigenvalue weighted by atomic mass is 10.0. The number of hydrogen-bond donors (Lipinski definition) is 0. The van der Waals surface area contributed by atoms with Crippen molar-refractivity contribution in [2.45, 2.75) is 19.8 Å². The van der Waals surface area contributed by atoms with Gasteiger partial charge in [0.1, 0.15) is 0 Å². The Kier molecular flexibility index (Phi) is 3.11. The number of hydrogen-bond acceptors (Lipinski definition) is 1. The van der Waals surface area contributed by atoms with Crippen LogP contribution >= 0.6 is 11.3 Å². The largest absolute Gasteiger partial charge is 0.135 e. The van der Waals surface area contributed by atoms with Crippen LogP contribution in [0.2, 0.25) is 0 Å². The molecule has 0 aliphatic heterocycles. The molecule has 24 heavy (non-hydrogen) atoms. The number of fused-ring (bicyclic) bond motifs is 6. The second-order valence-corrected chi connectivity index (χ2v) is 7.60. The molecule has 0 saturated heterocycles. The summed E-state index contributed by atoms with van der Waals surface area (Å²) in [5.41, 5.74) is 1.45. The molecule has 5 aromatic rings. The van der Waals surface area contributed by atoms with Crippen molar-refractivity contribution in [1.82, 2.24) is 0 Å². The van der Waals surface area contributed by atoms with Crippen LogP contribution in [-0.2, 0) is 6.42 Å². The Morgan fingerprint density at radius 3 is 2.33 bits per heavy atom. The predicted octanol–water partition coefficient (Wildman–Crippen LogP) is 7.31. The quantitative estimate of drug-likeness (QED) is 0.298. The molecular weight excluding hydrogens is 308 g/mol. The van der Waals surface area contributed by atoms with E-state index in [9.17, 15) is 0 Å². The summed E-state index contributed by atoms with van der Waals surface area (Å²) < 4.78 is 2.83. The number of rotatable bonds is 2. The maximum Gasteiger partial charge on any atom is 0.0434 e. The van der Waals surface area contributed by atoms with Gasteiger partial charge < -0.3 is 0 Å². The van der Waals surface area contributed by atoms with Gasteiger partial charge in [0.15, 0.2) is 0 Å². The van der Waals surface area contributed by atoms with Crippen LogP contribution in [0.1, 0.15) is 18.9 Å². The minimum Gasteiger partial charge on any atom is -0.135 e. The number of benzene rings is 4. The van der Waals surface area contributed by atoms with Gasteiger partial charge in [-0.15, -0.1) is 11.3 Å². The molecule has 1 heteroatoms. The number of thiophene rings is 1. The Hall–Kier alpha value is -2.38. The van der Waals surface area contributed by atoms with Crippen molar-refractivity contribution in [2.75, 3.05) is 0 Å². The van der Waals surface area contributed by atoms with Gasteiger partial charge in [-0.05, 0) is 46.3 Å². The summed E-state index contributed by atoms with van der Waals surface area (Å²) in [6, 6.07) is 24.9. The minimum absolute atomic E-state index is 1.16. The van der Waals surface area contributed by atoms with E-state index in [1.807, 2.05) is 11.3 Å². The predicted molar refractivity (Wildman–Crippen MR) is 108 cm³/mol. The smallest absolute Gasteiger partial charge is 0.0434 e. The van der Waals surface area contributed by atoms with Crippen LogP contribution in [0, 0.1) is 0 Å². The molecule has 0 nitrogen and oxygen atoms in total. The molecule has 1 aromatic heterocycles. The van der Waals surface area contributed by atoms with Crippen LogP contribution in [0.3, 0.4) is 0 Å². The van der Waals surface area contributed by atoms with Crippen LogP contribution < -0.4 is 0 Å². The highest BCUT2D eigenvalue weighted by molar-refractivity contribution is 7.26. The summed E-state index contributed by atoms with van der Waals surface area (Å²) in [7, 11) is 0. The Labute approximate surface area is 145 Å². The van der Waals surface area contributed by atoms with E-state index >= 15 is 0 Å². The second kappa shape index (κ2) is 5.32. The highest BCUT2D eigenvalue weighted by atomic mass is 32.1. The topological polar surface area (TPSA) is 0 Å². The van der Waals surface area contributed by atoms with E-state index < -0.39 is 0 Å². The average Bonchev–Trinajstić information content (AvgIpc) is 2.98. The van der Waals surface area contributed by atoms with E-state index in [1.54, 1.807) is 0 Å². The molecule has 0 amide bonds. The van der Waals surface area contributed by atoms with Gasteiger partial charge in [0, 0.05) is 25.6 Å². The van der Waals surface area contributed by atoms with Gasteiger partial charge >= 0.3 is 0 Å². The average molecular weight is 326 g/mol. The zero-order valence-electron chi connectivity index (χ0n) is 13.7. The van der Waals surface area contributed by atoms with Crippen LogP contribution in [0.25, 0.3) is 41.7 Å². The van der Waals surface area contributed by atoms with E-state index in [2.05, 4.69) is 73.7 Å². The molecule has 0 unspecified atom stereocenters. The molecule has 5 rings (SSSR count). The van der Waals surface area contributed by atoms with Gasteiger partial charge in [-0.3, -0.25) is 0 Å². The van der Waals surface area contributed by atoms with Crippen molar-refractivity contribution in [3.8, 4) is 0 Å². The van der Waals surface area contributed by atoms with Crippen molar-refractivity contribution < 1.29 is 0 Å². The summed E-state index contributed by atoms with van der Waals surface area (Å²) in [6.07, 6.45) is 2.36. The number of aryl methyl sites for hydroxylation is 1. The fourth-order valence-electron chi connectivity index (χ4n) is 3.74. The lowest BCUT2D eigenvalue weighted by molar-refractivity contribution is 0.924. The Balaban J connectivity index is 1.88. The summed E-state index contributed by atoms with van der Waals surface area (Å²) in [6.45, 7) is 2.24. The van der Waals surface area contributed by atoms with Crippen molar-refractivity contribution in [3.05, 3.63) is 72.3 Å². The van der Waals surface area contributed by atoms with Crippen LogP contribution in [-0.4, -0.2) is 0 Å². The Morgan fingerprint density at radius 1 is 0.708 bits per heavy atom. The van der Waals surface area contributed by atoms with Crippen molar-refractivity contribution >= 4 is 53.1 Å². The molecule has 0 bridgehead atoms. The summed E-state index contributed by atoms with van der Waals surface area (Å²) in [4.78, 5) is 0. The first-order valence-corrected chi connectivity index (χ1v) is 9.42. The summed E-state index contributed by atoms with van der Waals surface area (Å²) in [5, 5.41) is 8.13. The monoisotopic (exact) mass is 326 g/mol. The summed E-state index contributed by atoms with van der Waals surface area (Å²) in [5.74, 6) is 0. The molecule has 0 aliphatic carbocycles. The Morgan fingerprint density at radius 2 is 1.50 bits per heavy atom. The first-order chi connectivity index (χ1) is 11.8. The first-order valence-electron chi connectivity index (χ1n) is 8.60. The molecule has 116 valence electrons.